The molecule has 1 aromatic heterocycles. The van der Waals surface area contributed by atoms with Crippen LogP contribution in [0.2, 0.25) is 0 Å². The van der Waals surface area contributed by atoms with Gasteiger partial charge >= 0.3 is 0 Å². The van der Waals surface area contributed by atoms with E-state index in [0.29, 0.717) is 12.4 Å². The molecule has 36 heavy (non-hydrogen) atoms. The Morgan fingerprint density at radius 3 is 2.61 bits per heavy atom. The third kappa shape index (κ3) is 5.67. The number of aryl methyl sites for hydroxylation is 1. The van der Waals surface area contributed by atoms with Crippen molar-refractivity contribution >= 4 is 28.1 Å². The predicted molar refractivity (Wildman–Crippen MR) is 143 cm³/mol. The number of azo groups is 1. The van der Waals surface area contributed by atoms with E-state index in [0.717, 1.165) is 77.8 Å². The van der Waals surface area contributed by atoms with E-state index in [9.17, 15) is 0 Å². The van der Waals surface area contributed by atoms with Gasteiger partial charge in [0.15, 0.2) is 5.82 Å². The van der Waals surface area contributed by atoms with Gasteiger partial charge in [0.1, 0.15) is 18.2 Å². The minimum Gasteiger partial charge on any atom is -0.492 e. The summed E-state index contributed by atoms with van der Waals surface area (Å²) in [6.07, 6.45) is 0. The molecule has 0 aliphatic carbocycles. The number of hydrogen-bond acceptors (Lipinski definition) is 8. The van der Waals surface area contributed by atoms with Gasteiger partial charge < -0.3 is 14.8 Å². The van der Waals surface area contributed by atoms with E-state index in [1.165, 1.54) is 0 Å². The number of hydrogen-bond donors (Lipinski definition) is 1. The highest BCUT2D eigenvalue weighted by Gasteiger charge is 2.13. The van der Waals surface area contributed by atoms with Crippen LogP contribution in [0.25, 0.3) is 22.3 Å². The van der Waals surface area contributed by atoms with E-state index >= 15 is 0 Å². The van der Waals surface area contributed by atoms with Crippen LogP contribution in [0.15, 0.2) is 77.0 Å². The molecule has 0 radical (unpaired) electrons. The fourth-order valence-corrected chi connectivity index (χ4v) is 4.22. The van der Waals surface area contributed by atoms with Gasteiger partial charge in [-0.2, -0.15) is 10.2 Å². The van der Waals surface area contributed by atoms with Crippen LogP contribution < -0.4 is 10.1 Å². The number of nitrogens with zero attached hydrogens (tertiary/aromatic N) is 5. The average molecular weight is 483 g/mol. The van der Waals surface area contributed by atoms with Crippen LogP contribution >= 0.6 is 0 Å². The summed E-state index contributed by atoms with van der Waals surface area (Å²) in [6, 6.07) is 22.0. The van der Waals surface area contributed by atoms with Crippen LogP contribution in [0.4, 0.5) is 17.2 Å². The second kappa shape index (κ2) is 11.2. The summed E-state index contributed by atoms with van der Waals surface area (Å²) in [4.78, 5) is 12.1. The average Bonchev–Trinajstić information content (AvgIpc) is 2.91. The van der Waals surface area contributed by atoms with Crippen molar-refractivity contribution in [3.8, 4) is 17.1 Å². The van der Waals surface area contributed by atoms with E-state index in [4.69, 9.17) is 19.4 Å². The van der Waals surface area contributed by atoms with Crippen LogP contribution in [0, 0.1) is 6.92 Å². The first-order valence-corrected chi connectivity index (χ1v) is 12.2. The third-order valence-corrected chi connectivity index (χ3v) is 6.15. The number of morpholine rings is 1. The van der Waals surface area contributed by atoms with Gasteiger partial charge in [0.2, 0.25) is 0 Å². The molecular weight excluding hydrogens is 452 g/mol. The maximum atomic E-state index is 6.11. The Bertz CT molecular complexity index is 1350. The largest absolute Gasteiger partial charge is 0.492 e. The normalized spacial score (nSPS) is 14.4. The molecule has 8 heteroatoms. The van der Waals surface area contributed by atoms with Gasteiger partial charge in [-0.25, -0.2) is 9.97 Å². The highest BCUT2D eigenvalue weighted by Crippen LogP contribution is 2.31. The molecule has 5 rings (SSSR count). The summed E-state index contributed by atoms with van der Waals surface area (Å²) in [5, 5.41) is 12.5. The maximum Gasteiger partial charge on any atom is 0.162 e. The molecule has 0 spiro atoms. The Morgan fingerprint density at radius 1 is 1.00 bits per heavy atom. The molecule has 0 saturated carbocycles. The minimum atomic E-state index is 0.615. The number of anilines is 2. The molecule has 1 saturated heterocycles. The highest BCUT2D eigenvalue weighted by atomic mass is 16.5. The maximum absolute atomic E-state index is 6.11. The zero-order chi connectivity index (χ0) is 24.7. The van der Waals surface area contributed by atoms with Crippen molar-refractivity contribution in [2.45, 2.75) is 6.92 Å². The molecule has 4 aromatic rings. The van der Waals surface area contributed by atoms with Gasteiger partial charge in [0.05, 0.1) is 24.4 Å². The lowest BCUT2D eigenvalue weighted by atomic mass is 10.1. The van der Waals surface area contributed by atoms with Crippen LogP contribution in [0.3, 0.4) is 0 Å². The molecule has 2 heterocycles. The molecule has 0 atom stereocenters. The van der Waals surface area contributed by atoms with Crippen LogP contribution in [0.1, 0.15) is 5.56 Å². The Labute approximate surface area is 211 Å². The lowest BCUT2D eigenvalue weighted by Crippen LogP contribution is -2.38. The van der Waals surface area contributed by atoms with Gasteiger partial charge in [-0.3, -0.25) is 4.90 Å². The number of benzene rings is 3. The zero-order valence-electron chi connectivity index (χ0n) is 20.6. The fraction of sp³-hybridized carbons (Fsp3) is 0.286. The van der Waals surface area contributed by atoms with Crippen molar-refractivity contribution in [1.29, 1.82) is 0 Å². The van der Waals surface area contributed by atoms with E-state index < -0.39 is 0 Å². The first-order valence-electron chi connectivity index (χ1n) is 12.2. The minimum absolute atomic E-state index is 0.615. The summed E-state index contributed by atoms with van der Waals surface area (Å²) in [7, 11) is 1.67. The Kier molecular flexibility index (Phi) is 7.44. The molecule has 1 N–H and O–H groups in total. The number of fused-ring (bicyclic) bond motifs is 1. The summed E-state index contributed by atoms with van der Waals surface area (Å²) in [5.41, 5.74) is 4.60. The summed E-state index contributed by atoms with van der Waals surface area (Å²) >= 11 is 0. The lowest BCUT2D eigenvalue weighted by Gasteiger charge is -2.26. The second-order valence-electron chi connectivity index (χ2n) is 8.67. The quantitative estimate of drug-likeness (QED) is 0.321. The van der Waals surface area contributed by atoms with Crippen molar-refractivity contribution in [2.75, 3.05) is 51.8 Å². The van der Waals surface area contributed by atoms with E-state index in [1.54, 1.807) is 7.05 Å². The molecule has 1 aliphatic heterocycles. The van der Waals surface area contributed by atoms with Crippen LogP contribution in [-0.4, -0.2) is 61.4 Å². The molecule has 184 valence electrons. The number of nitrogens with one attached hydrogen (secondary N) is 1. The SMILES string of the molecule is CN=Nc1ccc(Nc2nc(-c3ccccc3)nc3ccc(OCCN4CCOCC4)cc23)cc1C. The number of rotatable bonds is 8. The van der Waals surface area contributed by atoms with Gasteiger partial charge in [-0.15, -0.1) is 0 Å². The number of aromatic nitrogens is 2. The van der Waals surface area contributed by atoms with Gasteiger partial charge in [-0.1, -0.05) is 30.3 Å². The van der Waals surface area contributed by atoms with Crippen molar-refractivity contribution in [3.63, 3.8) is 0 Å². The second-order valence-corrected chi connectivity index (χ2v) is 8.67. The molecular formula is C28H30N6O2. The standard InChI is InChI=1S/C28H30N6O2/c1-20-18-22(8-10-25(20)33-29-2)30-28-24-19-23(36-17-14-34-12-15-35-16-13-34)9-11-26(24)31-27(32-28)21-6-4-3-5-7-21/h3-11,18-19H,12-17H2,1-2H3,(H,30,31,32). The Hall–Kier alpha value is -3.88. The van der Waals surface area contributed by atoms with Gasteiger partial charge in [0, 0.05) is 43.3 Å². The monoisotopic (exact) mass is 482 g/mol. The molecule has 8 nitrogen and oxygen atoms in total. The van der Waals surface area contributed by atoms with Crippen LogP contribution in [-0.2, 0) is 4.74 Å². The summed E-state index contributed by atoms with van der Waals surface area (Å²) < 4.78 is 11.5. The topological polar surface area (TPSA) is 84.2 Å². The Balaban J connectivity index is 1.45. The molecule has 1 aliphatic rings. The first kappa shape index (κ1) is 23.8. The molecule has 0 bridgehead atoms. The van der Waals surface area contributed by atoms with Gasteiger partial charge in [-0.05, 0) is 48.9 Å². The van der Waals surface area contributed by atoms with E-state index in [-0.39, 0.29) is 0 Å². The summed E-state index contributed by atoms with van der Waals surface area (Å²) in [5.74, 6) is 2.19. The zero-order valence-corrected chi connectivity index (χ0v) is 20.6. The fourth-order valence-electron chi connectivity index (χ4n) is 4.22. The van der Waals surface area contributed by atoms with Gasteiger partial charge in [0.25, 0.3) is 0 Å². The Morgan fingerprint density at radius 2 is 1.83 bits per heavy atom. The first-order chi connectivity index (χ1) is 17.7. The van der Waals surface area contributed by atoms with Crippen molar-refractivity contribution in [3.05, 3.63) is 72.3 Å². The molecule has 0 unspecified atom stereocenters. The van der Waals surface area contributed by atoms with Crippen LogP contribution in [0.5, 0.6) is 5.75 Å². The van der Waals surface area contributed by atoms with Crippen molar-refractivity contribution in [2.24, 2.45) is 10.2 Å². The number of ether oxygens (including phenoxy) is 2. The smallest absolute Gasteiger partial charge is 0.162 e. The highest BCUT2D eigenvalue weighted by molar-refractivity contribution is 5.93. The summed E-state index contributed by atoms with van der Waals surface area (Å²) in [6.45, 7) is 6.97. The van der Waals surface area contributed by atoms with E-state index in [1.807, 2.05) is 73.7 Å². The predicted octanol–water partition coefficient (Wildman–Crippen LogP) is 5.77. The molecule has 0 amide bonds. The molecule has 3 aromatic carbocycles. The van der Waals surface area contributed by atoms with Crippen molar-refractivity contribution in [1.82, 2.24) is 14.9 Å². The molecule has 1 fully saturated rings. The van der Waals surface area contributed by atoms with Crippen molar-refractivity contribution < 1.29 is 9.47 Å². The van der Waals surface area contributed by atoms with E-state index in [2.05, 4.69) is 20.4 Å². The lowest BCUT2D eigenvalue weighted by molar-refractivity contribution is 0.0322. The third-order valence-electron chi connectivity index (χ3n) is 6.15.